The van der Waals surface area contributed by atoms with Gasteiger partial charge in [-0.15, -0.1) is 0 Å². The lowest BCUT2D eigenvalue weighted by molar-refractivity contribution is -0.123. The number of carbonyl (C=O) groups is 2. The second kappa shape index (κ2) is 7.26. The molecule has 0 spiro atoms. The van der Waals surface area contributed by atoms with E-state index in [-0.39, 0.29) is 10.2 Å². The quantitative estimate of drug-likeness (QED) is 0.545. The highest BCUT2D eigenvalue weighted by Gasteiger charge is 2.33. The fourth-order valence-corrected chi connectivity index (χ4v) is 3.74. The van der Waals surface area contributed by atoms with Gasteiger partial charge >= 0.3 is 0 Å². The number of carbonyl (C=O) groups excluding carboxylic acids is 2. The zero-order chi connectivity index (χ0) is 18.8. The molecule has 6 nitrogen and oxygen atoms in total. The maximum atomic E-state index is 12.7. The number of fused-ring (bicyclic) bond motifs is 1. The highest BCUT2D eigenvalue weighted by molar-refractivity contribution is 8.26. The zero-order valence-corrected chi connectivity index (χ0v) is 15.5. The molecule has 3 aromatic rings. The molecule has 1 saturated heterocycles. The molecular formula is C19H12N4O2S2. The number of amides is 2. The molecule has 0 unspecified atom stereocenters. The Balaban J connectivity index is 1.56. The monoisotopic (exact) mass is 392 g/mol. The molecule has 2 amide bonds. The second-order valence-electron chi connectivity index (χ2n) is 5.66. The van der Waals surface area contributed by atoms with Crippen LogP contribution in [0.1, 0.15) is 15.9 Å². The molecule has 27 heavy (non-hydrogen) atoms. The molecule has 8 heteroatoms. The fourth-order valence-electron chi connectivity index (χ4n) is 2.56. The molecule has 3 heterocycles. The third kappa shape index (κ3) is 3.57. The average molecular weight is 392 g/mol. The Morgan fingerprint density at radius 1 is 1.19 bits per heavy atom. The van der Waals surface area contributed by atoms with Crippen molar-refractivity contribution in [3.05, 3.63) is 77.1 Å². The molecule has 1 aliphatic heterocycles. The molecule has 0 radical (unpaired) electrons. The largest absolute Gasteiger partial charge is 0.285 e. The summed E-state index contributed by atoms with van der Waals surface area (Å²) in [7, 11) is 0. The van der Waals surface area contributed by atoms with E-state index in [1.165, 1.54) is 6.20 Å². The zero-order valence-electron chi connectivity index (χ0n) is 13.8. The summed E-state index contributed by atoms with van der Waals surface area (Å²) in [5, 5.41) is 2.07. The van der Waals surface area contributed by atoms with Crippen LogP contribution in [0, 0.1) is 0 Å². The minimum absolute atomic E-state index is 0.269. The first-order valence-corrected chi connectivity index (χ1v) is 9.18. The van der Waals surface area contributed by atoms with E-state index in [1.807, 2.05) is 30.3 Å². The number of nitrogens with one attached hydrogen (secondary N) is 1. The van der Waals surface area contributed by atoms with Crippen LogP contribution in [0.3, 0.4) is 0 Å². The number of pyridine rings is 2. The van der Waals surface area contributed by atoms with Crippen LogP contribution in [0.25, 0.3) is 17.0 Å². The standard InChI is InChI=1S/C19H12N4O2S2/c24-17(14-4-1-7-20-11-14)22-23-18(25)16(27-19(23)26)10-12-5-6-15-13(9-12)3-2-8-21-15/h1-11H,(H,22,24). The predicted octanol–water partition coefficient (Wildman–Crippen LogP) is 3.18. The van der Waals surface area contributed by atoms with Gasteiger partial charge in [0.05, 0.1) is 16.0 Å². The Bertz CT molecular complexity index is 1100. The first-order chi connectivity index (χ1) is 13.1. The van der Waals surface area contributed by atoms with Crippen LogP contribution >= 0.6 is 24.0 Å². The Hall–Kier alpha value is -3.10. The molecule has 1 N–H and O–H groups in total. The normalized spacial score (nSPS) is 15.6. The van der Waals surface area contributed by atoms with Crippen LogP contribution in [-0.2, 0) is 4.79 Å². The van der Waals surface area contributed by atoms with Gasteiger partial charge in [0, 0.05) is 24.0 Å². The first kappa shape index (κ1) is 17.3. The van der Waals surface area contributed by atoms with Crippen molar-refractivity contribution in [3.8, 4) is 0 Å². The molecule has 4 rings (SSSR count). The van der Waals surface area contributed by atoms with E-state index in [9.17, 15) is 9.59 Å². The number of hydrogen-bond donors (Lipinski definition) is 1. The summed E-state index contributed by atoms with van der Waals surface area (Å²) in [6, 6.07) is 12.8. The summed E-state index contributed by atoms with van der Waals surface area (Å²) in [6.07, 6.45) is 6.48. The number of thiocarbonyl (C=S) groups is 1. The highest BCUT2D eigenvalue weighted by atomic mass is 32.2. The van der Waals surface area contributed by atoms with Crippen molar-refractivity contribution >= 4 is 57.1 Å². The van der Waals surface area contributed by atoms with Crippen LogP contribution in [0.2, 0.25) is 0 Å². The number of nitrogens with zero attached hydrogens (tertiary/aromatic N) is 3. The summed E-state index contributed by atoms with van der Waals surface area (Å²) in [5.74, 6) is -0.814. The van der Waals surface area contributed by atoms with Crippen molar-refractivity contribution in [1.82, 2.24) is 20.4 Å². The Labute approximate surface area is 164 Å². The lowest BCUT2D eigenvalue weighted by Gasteiger charge is -2.15. The molecule has 0 bridgehead atoms. The highest BCUT2D eigenvalue weighted by Crippen LogP contribution is 2.31. The molecule has 1 aromatic carbocycles. The van der Waals surface area contributed by atoms with Gasteiger partial charge in [-0.05, 0) is 54.2 Å². The SMILES string of the molecule is O=C(NN1C(=O)C(=Cc2ccc3ncccc3c2)SC1=S)c1cccnc1. The van der Waals surface area contributed by atoms with E-state index >= 15 is 0 Å². The molecule has 0 saturated carbocycles. The van der Waals surface area contributed by atoms with Crippen molar-refractivity contribution in [1.29, 1.82) is 0 Å². The molecule has 0 atom stereocenters. The summed E-state index contributed by atoms with van der Waals surface area (Å²) < 4.78 is 0.269. The van der Waals surface area contributed by atoms with Crippen LogP contribution < -0.4 is 5.43 Å². The summed E-state index contributed by atoms with van der Waals surface area (Å²) in [4.78, 5) is 33.5. The van der Waals surface area contributed by atoms with Crippen LogP contribution in [-0.4, -0.2) is 31.1 Å². The number of hydrazine groups is 1. The molecule has 1 fully saturated rings. The topological polar surface area (TPSA) is 75.2 Å². The average Bonchev–Trinajstić information content (AvgIpc) is 2.96. The van der Waals surface area contributed by atoms with Crippen LogP contribution in [0.5, 0.6) is 0 Å². The third-order valence-corrected chi connectivity index (χ3v) is 5.16. The van der Waals surface area contributed by atoms with Crippen molar-refractivity contribution < 1.29 is 9.59 Å². The molecule has 132 valence electrons. The third-order valence-electron chi connectivity index (χ3n) is 3.86. The lowest BCUT2D eigenvalue weighted by atomic mass is 10.1. The number of hydrogen-bond acceptors (Lipinski definition) is 6. The fraction of sp³-hybridized carbons (Fsp3) is 0. The van der Waals surface area contributed by atoms with Gasteiger partial charge in [-0.3, -0.25) is 25.0 Å². The number of aromatic nitrogens is 2. The minimum Gasteiger partial charge on any atom is -0.267 e. The van der Waals surface area contributed by atoms with Gasteiger partial charge in [0.15, 0.2) is 4.32 Å². The maximum absolute atomic E-state index is 12.7. The Morgan fingerprint density at radius 2 is 2.04 bits per heavy atom. The van der Waals surface area contributed by atoms with Gasteiger partial charge in [-0.2, -0.15) is 5.01 Å². The van der Waals surface area contributed by atoms with Gasteiger partial charge in [-0.25, -0.2) is 0 Å². The van der Waals surface area contributed by atoms with E-state index in [4.69, 9.17) is 12.2 Å². The van der Waals surface area contributed by atoms with Gasteiger partial charge in [0.2, 0.25) is 0 Å². The number of benzene rings is 1. The predicted molar refractivity (Wildman–Crippen MR) is 108 cm³/mol. The smallest absolute Gasteiger partial charge is 0.267 e. The van der Waals surface area contributed by atoms with E-state index in [2.05, 4.69) is 15.4 Å². The van der Waals surface area contributed by atoms with E-state index in [0.29, 0.717) is 10.5 Å². The molecule has 1 aliphatic rings. The lowest BCUT2D eigenvalue weighted by Crippen LogP contribution is -2.44. The van der Waals surface area contributed by atoms with Crippen LogP contribution in [0.4, 0.5) is 0 Å². The van der Waals surface area contributed by atoms with Gasteiger partial charge in [0.25, 0.3) is 11.8 Å². The molecular weight excluding hydrogens is 380 g/mol. The summed E-state index contributed by atoms with van der Waals surface area (Å²) in [6.45, 7) is 0. The Kier molecular flexibility index (Phi) is 4.66. The van der Waals surface area contributed by atoms with Gasteiger partial charge in [-0.1, -0.05) is 23.9 Å². The summed E-state index contributed by atoms with van der Waals surface area (Å²) in [5.41, 5.74) is 4.61. The van der Waals surface area contributed by atoms with E-state index < -0.39 is 5.91 Å². The van der Waals surface area contributed by atoms with Crippen molar-refractivity contribution in [2.75, 3.05) is 0 Å². The summed E-state index contributed by atoms with van der Waals surface area (Å²) >= 11 is 6.39. The van der Waals surface area contributed by atoms with E-state index in [1.54, 1.807) is 30.6 Å². The van der Waals surface area contributed by atoms with Crippen LogP contribution in [0.15, 0.2) is 66.0 Å². The van der Waals surface area contributed by atoms with E-state index in [0.717, 1.165) is 33.2 Å². The van der Waals surface area contributed by atoms with Crippen molar-refractivity contribution in [2.24, 2.45) is 0 Å². The van der Waals surface area contributed by atoms with Crippen molar-refractivity contribution in [3.63, 3.8) is 0 Å². The number of thioether (sulfide) groups is 1. The number of rotatable bonds is 3. The first-order valence-electron chi connectivity index (χ1n) is 7.95. The Morgan fingerprint density at radius 3 is 2.85 bits per heavy atom. The molecule has 0 aliphatic carbocycles. The second-order valence-corrected chi connectivity index (χ2v) is 7.33. The molecule has 2 aromatic heterocycles. The van der Waals surface area contributed by atoms with Gasteiger partial charge in [0.1, 0.15) is 0 Å². The minimum atomic E-state index is -0.447. The van der Waals surface area contributed by atoms with Crippen molar-refractivity contribution in [2.45, 2.75) is 0 Å². The maximum Gasteiger partial charge on any atom is 0.285 e. The van der Waals surface area contributed by atoms with Gasteiger partial charge < -0.3 is 0 Å².